The summed E-state index contributed by atoms with van der Waals surface area (Å²) in [5, 5.41) is 8.64. The van der Waals surface area contributed by atoms with Gasteiger partial charge in [0, 0.05) is 19.2 Å². The van der Waals surface area contributed by atoms with Crippen molar-refractivity contribution in [3.05, 3.63) is 11.5 Å². The first-order chi connectivity index (χ1) is 5.26. The summed E-state index contributed by atoms with van der Waals surface area (Å²) in [7, 11) is 1.60. The molecule has 3 heteroatoms. The molecule has 3 nitrogen and oxygen atoms in total. The molecular formula is C8H15NO2. The molecule has 0 atom stereocenters. The van der Waals surface area contributed by atoms with Crippen molar-refractivity contribution < 1.29 is 9.84 Å². The summed E-state index contributed by atoms with van der Waals surface area (Å²) < 4.78 is 4.97. The Kier molecular flexibility index (Phi) is 5.47. The first-order valence-electron chi connectivity index (χ1n) is 3.59. The maximum Gasteiger partial charge on any atom is 0.114 e. The van der Waals surface area contributed by atoms with Gasteiger partial charge in [0.2, 0.25) is 0 Å². The van der Waals surface area contributed by atoms with Crippen molar-refractivity contribution in [3.8, 4) is 0 Å². The molecule has 0 aromatic heterocycles. The highest BCUT2D eigenvalue weighted by Crippen LogP contribution is 2.09. The minimum atomic E-state index is 0.105. The van der Waals surface area contributed by atoms with Crippen LogP contribution in [0.1, 0.15) is 20.3 Å². The van der Waals surface area contributed by atoms with Gasteiger partial charge in [-0.25, -0.2) is 0 Å². The van der Waals surface area contributed by atoms with Crippen LogP contribution in [0.25, 0.3) is 0 Å². The van der Waals surface area contributed by atoms with E-state index in [-0.39, 0.29) is 6.61 Å². The summed E-state index contributed by atoms with van der Waals surface area (Å²) in [6.45, 7) is 3.77. The summed E-state index contributed by atoms with van der Waals surface area (Å²) in [6.07, 6.45) is 2.23. The van der Waals surface area contributed by atoms with Gasteiger partial charge < -0.3 is 9.84 Å². The number of aliphatic imine (C=N–C) groups is 1. The monoisotopic (exact) mass is 157 g/mol. The van der Waals surface area contributed by atoms with Gasteiger partial charge in [0.1, 0.15) is 5.76 Å². The van der Waals surface area contributed by atoms with E-state index >= 15 is 0 Å². The van der Waals surface area contributed by atoms with E-state index in [0.29, 0.717) is 6.42 Å². The van der Waals surface area contributed by atoms with Crippen molar-refractivity contribution in [2.24, 2.45) is 4.99 Å². The average Bonchev–Trinajstić information content (AvgIpc) is 2.03. The van der Waals surface area contributed by atoms with Crippen LogP contribution in [0.15, 0.2) is 16.4 Å². The molecule has 0 saturated heterocycles. The van der Waals surface area contributed by atoms with Crippen molar-refractivity contribution in [3.63, 3.8) is 0 Å². The van der Waals surface area contributed by atoms with Gasteiger partial charge in [-0.05, 0) is 13.8 Å². The molecule has 0 spiro atoms. The summed E-state index contributed by atoms with van der Waals surface area (Å²) in [4.78, 5) is 4.05. The van der Waals surface area contributed by atoms with Crippen molar-refractivity contribution in [1.29, 1.82) is 0 Å². The topological polar surface area (TPSA) is 41.8 Å². The van der Waals surface area contributed by atoms with Gasteiger partial charge in [0.25, 0.3) is 0 Å². The van der Waals surface area contributed by atoms with E-state index in [2.05, 4.69) is 4.99 Å². The molecule has 0 fully saturated rings. The molecule has 1 N–H and O–H groups in total. The largest absolute Gasteiger partial charge is 0.500 e. The maximum absolute atomic E-state index is 8.64. The Bertz CT molecular complexity index is 161. The number of methoxy groups -OCH3 is 1. The second kappa shape index (κ2) is 5.92. The Morgan fingerprint density at radius 3 is 2.64 bits per heavy atom. The standard InChI is InChI=1S/C8H15NO2/c1-4-9-8(5-6-10)7(2)11-3/h4,10H,5-6H2,1-3H3/b8-7-,9-4?. The highest BCUT2D eigenvalue weighted by Gasteiger charge is 1.98. The van der Waals surface area contributed by atoms with Crippen LogP contribution in [-0.4, -0.2) is 25.0 Å². The quantitative estimate of drug-likeness (QED) is 0.494. The molecule has 0 rings (SSSR count). The van der Waals surface area contributed by atoms with E-state index in [1.54, 1.807) is 13.3 Å². The normalized spacial score (nSPS) is 13.5. The molecule has 0 aromatic carbocycles. The first-order valence-corrected chi connectivity index (χ1v) is 3.59. The fraction of sp³-hybridized carbons (Fsp3) is 0.625. The minimum Gasteiger partial charge on any atom is -0.500 e. The smallest absolute Gasteiger partial charge is 0.114 e. The fourth-order valence-electron chi connectivity index (χ4n) is 0.711. The zero-order valence-corrected chi connectivity index (χ0v) is 7.29. The van der Waals surface area contributed by atoms with E-state index < -0.39 is 0 Å². The molecule has 11 heavy (non-hydrogen) atoms. The number of rotatable bonds is 4. The average molecular weight is 157 g/mol. The van der Waals surface area contributed by atoms with Crippen LogP contribution in [0.4, 0.5) is 0 Å². The van der Waals surface area contributed by atoms with Crippen LogP contribution in [0.3, 0.4) is 0 Å². The Balaban J connectivity index is 4.30. The van der Waals surface area contributed by atoms with E-state index in [1.807, 2.05) is 13.8 Å². The third-order valence-electron chi connectivity index (χ3n) is 1.35. The Hall–Kier alpha value is -0.830. The van der Waals surface area contributed by atoms with Crippen molar-refractivity contribution in [2.75, 3.05) is 13.7 Å². The van der Waals surface area contributed by atoms with Crippen LogP contribution < -0.4 is 0 Å². The van der Waals surface area contributed by atoms with Gasteiger partial charge in [0.15, 0.2) is 0 Å². The molecule has 0 bridgehead atoms. The third kappa shape index (κ3) is 3.78. The van der Waals surface area contributed by atoms with Gasteiger partial charge in [-0.3, -0.25) is 4.99 Å². The van der Waals surface area contributed by atoms with Gasteiger partial charge in [-0.1, -0.05) is 0 Å². The van der Waals surface area contributed by atoms with Gasteiger partial charge in [-0.2, -0.15) is 0 Å². The molecule has 0 amide bonds. The zero-order chi connectivity index (χ0) is 8.69. The molecule has 0 radical (unpaired) electrons. The lowest BCUT2D eigenvalue weighted by Gasteiger charge is -2.03. The van der Waals surface area contributed by atoms with Crippen LogP contribution in [-0.2, 0) is 4.74 Å². The van der Waals surface area contributed by atoms with Crippen LogP contribution in [0.5, 0.6) is 0 Å². The lowest BCUT2D eigenvalue weighted by molar-refractivity contribution is 0.272. The van der Waals surface area contributed by atoms with Crippen molar-refractivity contribution in [1.82, 2.24) is 0 Å². The number of nitrogens with zero attached hydrogens (tertiary/aromatic N) is 1. The van der Waals surface area contributed by atoms with Crippen molar-refractivity contribution >= 4 is 6.21 Å². The molecule has 0 saturated carbocycles. The number of allylic oxidation sites excluding steroid dienone is 1. The second-order valence-corrected chi connectivity index (χ2v) is 2.07. The Labute approximate surface area is 67.4 Å². The van der Waals surface area contributed by atoms with Gasteiger partial charge in [0.05, 0.1) is 12.8 Å². The summed E-state index contributed by atoms with van der Waals surface area (Å²) in [6, 6.07) is 0. The van der Waals surface area contributed by atoms with Gasteiger partial charge in [-0.15, -0.1) is 0 Å². The summed E-state index contributed by atoms with van der Waals surface area (Å²) >= 11 is 0. The zero-order valence-electron chi connectivity index (χ0n) is 7.29. The van der Waals surface area contributed by atoms with Crippen LogP contribution in [0.2, 0.25) is 0 Å². The fourth-order valence-corrected chi connectivity index (χ4v) is 0.711. The molecular weight excluding hydrogens is 142 g/mol. The third-order valence-corrected chi connectivity index (χ3v) is 1.35. The van der Waals surface area contributed by atoms with E-state index in [9.17, 15) is 0 Å². The minimum absolute atomic E-state index is 0.105. The van der Waals surface area contributed by atoms with E-state index in [0.717, 1.165) is 11.5 Å². The first kappa shape index (κ1) is 10.2. The van der Waals surface area contributed by atoms with Crippen LogP contribution in [0, 0.1) is 0 Å². The van der Waals surface area contributed by atoms with E-state index in [1.165, 1.54) is 0 Å². The molecule has 0 aliphatic carbocycles. The molecule has 0 aliphatic heterocycles. The Morgan fingerprint density at radius 2 is 2.27 bits per heavy atom. The van der Waals surface area contributed by atoms with Gasteiger partial charge >= 0.3 is 0 Å². The van der Waals surface area contributed by atoms with E-state index in [4.69, 9.17) is 9.84 Å². The second-order valence-electron chi connectivity index (χ2n) is 2.07. The molecule has 0 heterocycles. The SMILES string of the molecule is CC=N/C(CCO)=C(/C)OC. The highest BCUT2D eigenvalue weighted by atomic mass is 16.5. The predicted molar refractivity (Wildman–Crippen MR) is 45.6 cm³/mol. The molecule has 0 unspecified atom stereocenters. The number of ether oxygens (including phenoxy) is 1. The number of aliphatic hydroxyl groups excluding tert-OH is 1. The molecule has 64 valence electrons. The Morgan fingerprint density at radius 1 is 1.64 bits per heavy atom. The van der Waals surface area contributed by atoms with Crippen molar-refractivity contribution in [2.45, 2.75) is 20.3 Å². The summed E-state index contributed by atoms with van der Waals surface area (Å²) in [5.41, 5.74) is 0.803. The highest BCUT2D eigenvalue weighted by molar-refractivity contribution is 5.55. The lowest BCUT2D eigenvalue weighted by atomic mass is 10.3. The predicted octanol–water partition coefficient (Wildman–Crippen LogP) is 1.34. The van der Waals surface area contributed by atoms with Crippen LogP contribution >= 0.6 is 0 Å². The summed E-state index contributed by atoms with van der Waals surface area (Å²) in [5.74, 6) is 0.761. The number of hydrogen-bond donors (Lipinski definition) is 1. The number of hydrogen-bond acceptors (Lipinski definition) is 3. The maximum atomic E-state index is 8.64. The molecule has 0 aliphatic rings. The lowest BCUT2D eigenvalue weighted by Crippen LogP contribution is -1.92. The molecule has 0 aromatic rings. The number of aliphatic hydroxyl groups is 1.